The molecule has 3 heteroatoms. The number of hydrogen-bond acceptors (Lipinski definition) is 2. The van der Waals surface area contributed by atoms with Crippen molar-refractivity contribution in [3.63, 3.8) is 0 Å². The summed E-state index contributed by atoms with van der Waals surface area (Å²) in [6.45, 7) is 8.96. The van der Waals surface area contributed by atoms with Gasteiger partial charge in [-0.3, -0.25) is 4.79 Å². The van der Waals surface area contributed by atoms with Crippen LogP contribution in [0.5, 0.6) is 0 Å². The quantitative estimate of drug-likeness (QED) is 0.801. The van der Waals surface area contributed by atoms with Crippen molar-refractivity contribution < 1.29 is 9.53 Å². The minimum Gasteiger partial charge on any atom is -0.375 e. The van der Waals surface area contributed by atoms with E-state index < -0.39 is 0 Å². The van der Waals surface area contributed by atoms with Crippen LogP contribution in [-0.2, 0) is 9.53 Å². The van der Waals surface area contributed by atoms with Crippen LogP contribution in [0.4, 0.5) is 0 Å². The van der Waals surface area contributed by atoms with E-state index in [-0.39, 0.29) is 17.4 Å². The Bertz CT molecular complexity index is 234. The Morgan fingerprint density at radius 2 is 2.06 bits per heavy atom. The van der Waals surface area contributed by atoms with Crippen molar-refractivity contribution in [1.82, 2.24) is 5.32 Å². The molecule has 1 atom stereocenters. The van der Waals surface area contributed by atoms with Crippen LogP contribution in [0.1, 0.15) is 53.4 Å². The lowest BCUT2D eigenvalue weighted by atomic mass is 9.86. The van der Waals surface area contributed by atoms with Gasteiger partial charge in [0.05, 0.1) is 5.60 Å². The molecule has 1 fully saturated rings. The van der Waals surface area contributed by atoms with E-state index >= 15 is 0 Å². The minimum atomic E-state index is -0.00677. The van der Waals surface area contributed by atoms with Gasteiger partial charge in [0.2, 0.25) is 5.91 Å². The highest BCUT2D eigenvalue weighted by Crippen LogP contribution is 2.31. The molecule has 1 saturated heterocycles. The molecule has 3 nitrogen and oxygen atoms in total. The molecule has 0 aromatic carbocycles. The topological polar surface area (TPSA) is 38.3 Å². The van der Waals surface area contributed by atoms with Crippen LogP contribution >= 0.6 is 0 Å². The lowest BCUT2D eigenvalue weighted by Gasteiger charge is -2.40. The molecule has 0 bridgehead atoms. The van der Waals surface area contributed by atoms with Crippen LogP contribution in [0.3, 0.4) is 0 Å². The van der Waals surface area contributed by atoms with Gasteiger partial charge in [0.25, 0.3) is 0 Å². The molecule has 0 aromatic heterocycles. The smallest absolute Gasteiger partial charge is 0.222 e. The largest absolute Gasteiger partial charge is 0.375 e. The van der Waals surface area contributed by atoms with Gasteiger partial charge in [-0.25, -0.2) is 0 Å². The minimum absolute atomic E-state index is 0.00677. The second kappa shape index (κ2) is 5.67. The highest BCUT2D eigenvalue weighted by molar-refractivity contribution is 5.78. The third-order valence-corrected chi connectivity index (χ3v) is 3.65. The lowest BCUT2D eigenvalue weighted by Crippen LogP contribution is -2.48. The van der Waals surface area contributed by atoms with E-state index in [4.69, 9.17) is 4.74 Å². The Morgan fingerprint density at radius 1 is 1.44 bits per heavy atom. The zero-order valence-corrected chi connectivity index (χ0v) is 11.0. The number of nitrogens with one attached hydrogen (secondary N) is 1. The van der Waals surface area contributed by atoms with Gasteiger partial charge in [-0.15, -0.1) is 0 Å². The second-order valence-corrected chi connectivity index (χ2v) is 5.09. The Morgan fingerprint density at radius 3 is 2.56 bits per heavy atom. The number of rotatable bonds is 4. The van der Waals surface area contributed by atoms with E-state index in [0.29, 0.717) is 6.04 Å². The predicted molar refractivity (Wildman–Crippen MR) is 65.3 cm³/mol. The second-order valence-electron chi connectivity index (χ2n) is 5.09. The van der Waals surface area contributed by atoms with Crippen LogP contribution in [0.15, 0.2) is 0 Å². The Balaban J connectivity index is 2.53. The van der Waals surface area contributed by atoms with Gasteiger partial charge in [-0.05, 0) is 25.7 Å². The lowest BCUT2D eigenvalue weighted by molar-refractivity contribution is -0.128. The third-order valence-electron chi connectivity index (χ3n) is 3.65. The standard InChI is InChI=1S/C13H25NO2/c1-5-13(6-2)9-11(7-8-16-13)14-12(15)10(3)4/h10-11H,5-9H2,1-4H3,(H,14,15). The molecule has 0 aromatic rings. The van der Waals surface area contributed by atoms with Crippen molar-refractivity contribution in [2.45, 2.75) is 65.0 Å². The van der Waals surface area contributed by atoms with Gasteiger partial charge in [0.1, 0.15) is 0 Å². The molecule has 1 rings (SSSR count). The van der Waals surface area contributed by atoms with Crippen molar-refractivity contribution >= 4 is 5.91 Å². The molecule has 0 radical (unpaired) electrons. The number of amides is 1. The predicted octanol–water partition coefficient (Wildman–Crippen LogP) is 2.50. The summed E-state index contributed by atoms with van der Waals surface area (Å²) >= 11 is 0. The van der Waals surface area contributed by atoms with Crippen LogP contribution in [0.2, 0.25) is 0 Å². The van der Waals surface area contributed by atoms with Crippen LogP contribution in [0.25, 0.3) is 0 Å². The van der Waals surface area contributed by atoms with Crippen LogP contribution < -0.4 is 5.32 Å². The highest BCUT2D eigenvalue weighted by atomic mass is 16.5. The molecule has 0 spiro atoms. The van der Waals surface area contributed by atoms with Crippen LogP contribution in [0, 0.1) is 5.92 Å². The maximum atomic E-state index is 11.6. The first-order valence-electron chi connectivity index (χ1n) is 6.47. The average Bonchev–Trinajstić information content (AvgIpc) is 2.29. The van der Waals surface area contributed by atoms with Gasteiger partial charge in [0.15, 0.2) is 0 Å². The van der Waals surface area contributed by atoms with Crippen LogP contribution in [-0.4, -0.2) is 24.2 Å². The number of ether oxygens (including phenoxy) is 1. The van der Waals surface area contributed by atoms with Gasteiger partial charge in [0, 0.05) is 18.6 Å². The summed E-state index contributed by atoms with van der Waals surface area (Å²) in [5.74, 6) is 0.230. The SMILES string of the molecule is CCC1(CC)CC(NC(=O)C(C)C)CCO1. The van der Waals surface area contributed by atoms with E-state index in [1.165, 1.54) is 0 Å². The first-order chi connectivity index (χ1) is 7.53. The fourth-order valence-electron chi connectivity index (χ4n) is 2.26. The van der Waals surface area contributed by atoms with Crippen molar-refractivity contribution in [2.75, 3.05) is 6.61 Å². The molecule has 0 saturated carbocycles. The number of carbonyl (C=O) groups excluding carboxylic acids is 1. The first kappa shape index (κ1) is 13.5. The summed E-state index contributed by atoms with van der Waals surface area (Å²) in [5.41, 5.74) is -0.00677. The first-order valence-corrected chi connectivity index (χ1v) is 6.47. The van der Waals surface area contributed by atoms with Gasteiger partial charge < -0.3 is 10.1 Å². The van der Waals surface area contributed by atoms with Crippen molar-refractivity contribution in [1.29, 1.82) is 0 Å². The molecule has 0 aliphatic carbocycles. The fourth-order valence-corrected chi connectivity index (χ4v) is 2.26. The summed E-state index contributed by atoms with van der Waals surface area (Å²) in [6, 6.07) is 0.295. The molecule has 1 amide bonds. The molecule has 16 heavy (non-hydrogen) atoms. The van der Waals surface area contributed by atoms with E-state index in [0.717, 1.165) is 32.3 Å². The summed E-state index contributed by atoms with van der Waals surface area (Å²) in [6.07, 6.45) is 3.95. The molecule has 1 N–H and O–H groups in total. The maximum absolute atomic E-state index is 11.6. The Hall–Kier alpha value is -0.570. The van der Waals surface area contributed by atoms with E-state index in [9.17, 15) is 4.79 Å². The molecular formula is C13H25NO2. The van der Waals surface area contributed by atoms with Crippen molar-refractivity contribution in [3.05, 3.63) is 0 Å². The van der Waals surface area contributed by atoms with Crippen molar-refractivity contribution in [2.24, 2.45) is 5.92 Å². The van der Waals surface area contributed by atoms with E-state index in [2.05, 4.69) is 19.2 Å². The molecule has 1 unspecified atom stereocenters. The Kier molecular flexibility index (Phi) is 4.78. The van der Waals surface area contributed by atoms with Crippen molar-refractivity contribution in [3.8, 4) is 0 Å². The fraction of sp³-hybridized carbons (Fsp3) is 0.923. The van der Waals surface area contributed by atoms with Gasteiger partial charge in [-0.1, -0.05) is 27.7 Å². The van der Waals surface area contributed by atoms with Gasteiger partial charge in [-0.2, -0.15) is 0 Å². The Labute approximate surface area is 98.9 Å². The maximum Gasteiger partial charge on any atom is 0.222 e. The zero-order chi connectivity index (χ0) is 12.2. The monoisotopic (exact) mass is 227 g/mol. The zero-order valence-electron chi connectivity index (χ0n) is 11.0. The molecular weight excluding hydrogens is 202 g/mol. The number of hydrogen-bond donors (Lipinski definition) is 1. The summed E-state index contributed by atoms with van der Waals surface area (Å²) in [7, 11) is 0. The van der Waals surface area contributed by atoms with E-state index in [1.807, 2.05) is 13.8 Å². The summed E-state index contributed by atoms with van der Waals surface area (Å²) in [5, 5.41) is 3.12. The summed E-state index contributed by atoms with van der Waals surface area (Å²) in [4.78, 5) is 11.6. The van der Waals surface area contributed by atoms with Gasteiger partial charge >= 0.3 is 0 Å². The molecule has 1 heterocycles. The van der Waals surface area contributed by atoms with E-state index in [1.54, 1.807) is 0 Å². The molecule has 1 aliphatic heterocycles. The average molecular weight is 227 g/mol. The third kappa shape index (κ3) is 3.21. The normalized spacial score (nSPS) is 24.4. The summed E-state index contributed by atoms with van der Waals surface area (Å²) < 4.78 is 5.88. The molecule has 94 valence electrons. The molecule has 1 aliphatic rings. The number of carbonyl (C=O) groups is 1. The highest BCUT2D eigenvalue weighted by Gasteiger charge is 2.35.